The molecule has 2 amide bonds. The van der Waals surface area contributed by atoms with Crippen LogP contribution < -0.4 is 9.47 Å². The maximum Gasteiger partial charge on any atom is 0.534 e. The molecule has 0 radical (unpaired) electrons. The number of imide groups is 1. The normalized spacial score (nSPS) is 13.4. The summed E-state index contributed by atoms with van der Waals surface area (Å²) in [5.74, 6) is -1.04. The summed E-state index contributed by atoms with van der Waals surface area (Å²) >= 11 is 0. The highest BCUT2D eigenvalue weighted by Crippen LogP contribution is 2.29. The second-order valence-electron chi connectivity index (χ2n) is 6.14. The second-order valence-corrected chi connectivity index (χ2v) is 6.14. The van der Waals surface area contributed by atoms with Crippen LogP contribution in [0.3, 0.4) is 0 Å². The van der Waals surface area contributed by atoms with E-state index in [9.17, 15) is 19.2 Å². The van der Waals surface area contributed by atoms with Crippen molar-refractivity contribution in [3.05, 3.63) is 23.8 Å². The van der Waals surface area contributed by atoms with Crippen molar-refractivity contribution in [1.29, 1.82) is 0 Å². The first-order chi connectivity index (χ1) is 13.4. The zero-order chi connectivity index (χ0) is 20.5. The lowest BCUT2D eigenvalue weighted by Crippen LogP contribution is -2.32. The third-order valence-electron chi connectivity index (χ3n) is 3.80. The first-order valence-electron chi connectivity index (χ1n) is 9.05. The van der Waals surface area contributed by atoms with E-state index in [0.717, 1.165) is 19.3 Å². The van der Waals surface area contributed by atoms with Crippen molar-refractivity contribution >= 4 is 23.9 Å². The van der Waals surface area contributed by atoms with Crippen molar-refractivity contribution in [2.24, 2.45) is 0 Å². The van der Waals surface area contributed by atoms with Gasteiger partial charge in [-0.05, 0) is 24.1 Å². The van der Waals surface area contributed by atoms with Crippen LogP contribution in [0.15, 0.2) is 18.2 Å². The van der Waals surface area contributed by atoms with Gasteiger partial charge >= 0.3 is 12.1 Å². The van der Waals surface area contributed by atoms with E-state index in [4.69, 9.17) is 14.2 Å². The summed E-state index contributed by atoms with van der Waals surface area (Å²) in [6.07, 6.45) is 1.73. The van der Waals surface area contributed by atoms with Gasteiger partial charge in [-0.1, -0.05) is 30.9 Å². The molecule has 152 valence electrons. The van der Waals surface area contributed by atoms with Crippen LogP contribution in [0.5, 0.6) is 11.5 Å². The van der Waals surface area contributed by atoms with Crippen LogP contribution in [-0.2, 0) is 30.6 Å². The number of unbranched alkanes of at least 4 members (excludes halogenated alkanes) is 2. The van der Waals surface area contributed by atoms with Crippen LogP contribution in [0, 0.1) is 0 Å². The van der Waals surface area contributed by atoms with Crippen molar-refractivity contribution in [2.75, 3.05) is 6.61 Å². The molecule has 1 heterocycles. The molecule has 0 unspecified atom stereocenters. The largest absolute Gasteiger partial charge is 0.534 e. The Morgan fingerprint density at radius 1 is 1.07 bits per heavy atom. The molecule has 9 nitrogen and oxygen atoms in total. The maximum atomic E-state index is 11.7. The van der Waals surface area contributed by atoms with E-state index < -0.39 is 23.9 Å². The van der Waals surface area contributed by atoms with Gasteiger partial charge in [-0.15, -0.1) is 0 Å². The molecule has 0 aliphatic carbocycles. The minimum atomic E-state index is -1.17. The Hall–Kier alpha value is -3.10. The van der Waals surface area contributed by atoms with Gasteiger partial charge in [0.25, 0.3) is 11.8 Å². The Kier molecular flexibility index (Phi) is 7.79. The van der Waals surface area contributed by atoms with E-state index in [1.807, 2.05) is 0 Å². The number of carbonyl (C=O) groups is 4. The zero-order valence-corrected chi connectivity index (χ0v) is 15.9. The maximum absolute atomic E-state index is 11.7. The Morgan fingerprint density at radius 3 is 2.43 bits per heavy atom. The SMILES string of the molecule is CCCCCOc1cc(COC(=O)ON2C(=O)CCC2=O)ccc1OC(C)=O. The van der Waals surface area contributed by atoms with Gasteiger partial charge in [0, 0.05) is 19.8 Å². The summed E-state index contributed by atoms with van der Waals surface area (Å²) < 4.78 is 15.7. The van der Waals surface area contributed by atoms with Crippen LogP contribution in [0.25, 0.3) is 0 Å². The number of hydrogen-bond acceptors (Lipinski definition) is 8. The molecule has 2 rings (SSSR count). The van der Waals surface area contributed by atoms with Gasteiger partial charge in [0.2, 0.25) is 0 Å². The van der Waals surface area contributed by atoms with Crippen LogP contribution in [0.2, 0.25) is 0 Å². The van der Waals surface area contributed by atoms with Gasteiger partial charge in [0.05, 0.1) is 6.61 Å². The minimum Gasteiger partial charge on any atom is -0.490 e. The molecule has 0 N–H and O–H groups in total. The molecule has 0 atom stereocenters. The number of carbonyl (C=O) groups excluding carboxylic acids is 4. The van der Waals surface area contributed by atoms with Crippen molar-refractivity contribution in [3.63, 3.8) is 0 Å². The molecule has 28 heavy (non-hydrogen) atoms. The third kappa shape index (κ3) is 6.26. The van der Waals surface area contributed by atoms with Crippen molar-refractivity contribution < 1.29 is 38.2 Å². The Labute approximate surface area is 162 Å². The minimum absolute atomic E-state index is 0.00243. The average Bonchev–Trinajstić information content (AvgIpc) is 2.96. The predicted octanol–water partition coefficient (Wildman–Crippen LogP) is 2.90. The molecule has 9 heteroatoms. The standard InChI is InChI=1S/C19H23NO8/c1-3-4-5-10-25-16-11-14(6-7-15(16)27-13(2)21)12-26-19(24)28-20-17(22)8-9-18(20)23/h6-7,11H,3-5,8-10,12H2,1-2H3. The molecule has 1 aliphatic rings. The number of esters is 1. The molecule has 0 spiro atoms. The fourth-order valence-electron chi connectivity index (χ4n) is 2.43. The lowest BCUT2D eigenvalue weighted by molar-refractivity contribution is -0.177. The smallest absolute Gasteiger partial charge is 0.490 e. The van der Waals surface area contributed by atoms with Crippen molar-refractivity contribution in [2.45, 2.75) is 52.6 Å². The Bertz CT molecular complexity index is 729. The summed E-state index contributed by atoms with van der Waals surface area (Å²) in [7, 11) is 0. The van der Waals surface area contributed by atoms with Gasteiger partial charge in [-0.2, -0.15) is 0 Å². The van der Waals surface area contributed by atoms with Crippen LogP contribution >= 0.6 is 0 Å². The monoisotopic (exact) mass is 393 g/mol. The molecule has 1 aromatic carbocycles. The molecule has 0 bridgehead atoms. The highest BCUT2D eigenvalue weighted by atomic mass is 16.8. The number of benzene rings is 1. The highest BCUT2D eigenvalue weighted by molar-refractivity contribution is 6.01. The van der Waals surface area contributed by atoms with E-state index in [1.165, 1.54) is 13.0 Å². The van der Waals surface area contributed by atoms with E-state index in [0.29, 0.717) is 23.0 Å². The van der Waals surface area contributed by atoms with Crippen molar-refractivity contribution in [1.82, 2.24) is 5.06 Å². The van der Waals surface area contributed by atoms with Crippen LogP contribution in [-0.4, -0.2) is 35.6 Å². The number of amides is 2. The first kappa shape index (κ1) is 21.2. The van der Waals surface area contributed by atoms with Gasteiger partial charge in [0.15, 0.2) is 11.5 Å². The van der Waals surface area contributed by atoms with Gasteiger partial charge in [0.1, 0.15) is 6.61 Å². The van der Waals surface area contributed by atoms with Gasteiger partial charge in [-0.25, -0.2) is 4.79 Å². The van der Waals surface area contributed by atoms with Crippen LogP contribution in [0.1, 0.15) is 51.5 Å². The average molecular weight is 393 g/mol. The second kappa shape index (κ2) is 10.3. The summed E-state index contributed by atoms with van der Waals surface area (Å²) in [6.45, 7) is 3.63. The Balaban J connectivity index is 1.96. The van der Waals surface area contributed by atoms with E-state index in [2.05, 4.69) is 11.8 Å². The fraction of sp³-hybridized carbons (Fsp3) is 0.474. The lowest BCUT2D eigenvalue weighted by atomic mass is 10.2. The first-order valence-corrected chi connectivity index (χ1v) is 9.05. The molecule has 1 fully saturated rings. The fourth-order valence-corrected chi connectivity index (χ4v) is 2.43. The lowest BCUT2D eigenvalue weighted by Gasteiger charge is -2.14. The summed E-state index contributed by atoms with van der Waals surface area (Å²) in [6, 6.07) is 4.72. The molecule has 1 saturated heterocycles. The number of hydrogen-bond donors (Lipinski definition) is 0. The van der Waals surface area contributed by atoms with Crippen molar-refractivity contribution in [3.8, 4) is 11.5 Å². The Morgan fingerprint density at radius 2 is 1.79 bits per heavy atom. The molecule has 1 aromatic rings. The summed E-state index contributed by atoms with van der Waals surface area (Å²) in [5, 5.41) is 0.411. The molecular weight excluding hydrogens is 370 g/mol. The van der Waals surface area contributed by atoms with E-state index in [-0.39, 0.29) is 25.2 Å². The number of ether oxygens (including phenoxy) is 3. The van der Waals surface area contributed by atoms with E-state index >= 15 is 0 Å². The van der Waals surface area contributed by atoms with Crippen LogP contribution in [0.4, 0.5) is 4.79 Å². The third-order valence-corrected chi connectivity index (χ3v) is 3.80. The highest BCUT2D eigenvalue weighted by Gasteiger charge is 2.33. The quantitative estimate of drug-likeness (QED) is 0.273. The molecule has 1 aliphatic heterocycles. The number of hydroxylamine groups is 2. The van der Waals surface area contributed by atoms with Gasteiger partial charge < -0.3 is 14.2 Å². The zero-order valence-electron chi connectivity index (χ0n) is 15.9. The molecule has 0 saturated carbocycles. The number of nitrogens with zero attached hydrogens (tertiary/aromatic N) is 1. The number of rotatable bonds is 9. The molecular formula is C19H23NO8. The predicted molar refractivity (Wildman–Crippen MR) is 95.1 cm³/mol. The summed E-state index contributed by atoms with van der Waals surface area (Å²) in [5.41, 5.74) is 0.553. The summed E-state index contributed by atoms with van der Waals surface area (Å²) in [4.78, 5) is 50.4. The topological polar surface area (TPSA) is 108 Å². The van der Waals surface area contributed by atoms with Gasteiger partial charge in [-0.3, -0.25) is 19.2 Å². The molecule has 0 aromatic heterocycles. The van der Waals surface area contributed by atoms with E-state index in [1.54, 1.807) is 12.1 Å².